The van der Waals surface area contributed by atoms with Gasteiger partial charge in [0.15, 0.2) is 5.78 Å². The van der Waals surface area contributed by atoms with Crippen molar-refractivity contribution in [2.75, 3.05) is 5.32 Å². The zero-order chi connectivity index (χ0) is 17.6. The summed E-state index contributed by atoms with van der Waals surface area (Å²) in [4.78, 5) is 31.7. The predicted molar refractivity (Wildman–Crippen MR) is 92.3 cm³/mol. The van der Waals surface area contributed by atoms with Crippen LogP contribution in [0.1, 0.15) is 28.8 Å². The first-order chi connectivity index (χ1) is 12.0. The Balaban J connectivity index is 1.74. The number of hydrogen-bond donors (Lipinski definition) is 2. The molecule has 0 saturated heterocycles. The molecule has 126 valence electrons. The number of aromatic amines is 1. The summed E-state index contributed by atoms with van der Waals surface area (Å²) in [7, 11) is 0. The SMILES string of the molecule is O=C(c1c(F)cccc1Cl)c1c[nH]c2cnc(NC(=O)C3CC3)cc12. The van der Waals surface area contributed by atoms with E-state index < -0.39 is 11.6 Å². The van der Waals surface area contributed by atoms with Crippen molar-refractivity contribution < 1.29 is 14.0 Å². The quantitative estimate of drug-likeness (QED) is 0.694. The molecule has 1 aromatic carbocycles. The number of carbonyl (C=O) groups excluding carboxylic acids is 2. The van der Waals surface area contributed by atoms with E-state index in [0.29, 0.717) is 16.7 Å². The minimum atomic E-state index is -0.678. The average molecular weight is 358 g/mol. The van der Waals surface area contributed by atoms with Gasteiger partial charge >= 0.3 is 0 Å². The fourth-order valence-corrected chi connectivity index (χ4v) is 2.95. The Bertz CT molecular complexity index is 990. The normalized spacial score (nSPS) is 13.8. The van der Waals surface area contributed by atoms with Crippen LogP contribution in [0.2, 0.25) is 5.02 Å². The second kappa shape index (κ2) is 5.97. The largest absolute Gasteiger partial charge is 0.359 e. The molecule has 0 spiro atoms. The predicted octanol–water partition coefficient (Wildman–Crippen LogP) is 3.93. The first-order valence-corrected chi connectivity index (χ1v) is 8.19. The van der Waals surface area contributed by atoms with Crippen molar-refractivity contribution in [2.24, 2.45) is 5.92 Å². The molecule has 3 aromatic rings. The molecule has 2 heterocycles. The third kappa shape index (κ3) is 2.89. The Kier molecular flexibility index (Phi) is 3.77. The van der Waals surface area contributed by atoms with Crippen LogP contribution in [-0.2, 0) is 4.79 Å². The fraction of sp³-hybridized carbons (Fsp3) is 0.167. The maximum absolute atomic E-state index is 14.1. The van der Waals surface area contributed by atoms with Gasteiger partial charge in [-0.2, -0.15) is 0 Å². The van der Waals surface area contributed by atoms with Crippen LogP contribution in [0.3, 0.4) is 0 Å². The summed E-state index contributed by atoms with van der Waals surface area (Å²) in [6.07, 6.45) is 4.78. The van der Waals surface area contributed by atoms with Crippen LogP contribution in [-0.4, -0.2) is 21.7 Å². The van der Waals surface area contributed by atoms with Gasteiger partial charge in [0.2, 0.25) is 5.91 Å². The van der Waals surface area contributed by atoms with E-state index in [1.807, 2.05) is 0 Å². The molecule has 0 unspecified atom stereocenters. The summed E-state index contributed by atoms with van der Waals surface area (Å²) < 4.78 is 14.1. The molecule has 7 heteroatoms. The molecule has 25 heavy (non-hydrogen) atoms. The molecule has 2 N–H and O–H groups in total. The highest BCUT2D eigenvalue weighted by Gasteiger charge is 2.30. The van der Waals surface area contributed by atoms with Crippen LogP contribution in [0.25, 0.3) is 10.9 Å². The number of rotatable bonds is 4. The number of nitrogens with one attached hydrogen (secondary N) is 2. The molecule has 0 aliphatic heterocycles. The number of amides is 1. The lowest BCUT2D eigenvalue weighted by Gasteiger charge is -2.06. The molecule has 0 bridgehead atoms. The van der Waals surface area contributed by atoms with Crippen LogP contribution in [0.4, 0.5) is 10.2 Å². The summed E-state index contributed by atoms with van der Waals surface area (Å²) in [5.41, 5.74) is 0.706. The van der Waals surface area contributed by atoms with Crippen molar-refractivity contribution in [3.05, 3.63) is 58.6 Å². The summed E-state index contributed by atoms with van der Waals surface area (Å²) >= 11 is 5.99. The Morgan fingerprint density at radius 2 is 2.12 bits per heavy atom. The second-order valence-electron chi connectivity index (χ2n) is 6.01. The highest BCUT2D eigenvalue weighted by molar-refractivity contribution is 6.35. The Morgan fingerprint density at radius 3 is 2.84 bits per heavy atom. The highest BCUT2D eigenvalue weighted by atomic mass is 35.5. The number of hydrogen-bond acceptors (Lipinski definition) is 3. The van der Waals surface area contributed by atoms with Crippen molar-refractivity contribution in [1.82, 2.24) is 9.97 Å². The summed E-state index contributed by atoms with van der Waals surface area (Å²) in [6.45, 7) is 0. The standard InChI is InChI=1S/C18H13ClFN3O2/c19-12-2-1-3-13(20)16(12)17(24)11-7-21-14-8-22-15(6-10(11)14)23-18(25)9-4-5-9/h1-3,6-9,21H,4-5H2,(H,22,23,25). The molecule has 4 rings (SSSR count). The zero-order valence-corrected chi connectivity index (χ0v) is 13.7. The van der Waals surface area contributed by atoms with Gasteiger partial charge in [0, 0.05) is 23.1 Å². The molecule has 5 nitrogen and oxygen atoms in total. The molecule has 1 aliphatic rings. The fourth-order valence-electron chi connectivity index (χ4n) is 2.70. The van der Waals surface area contributed by atoms with Crippen molar-refractivity contribution >= 4 is 40.0 Å². The molecule has 0 radical (unpaired) electrons. The maximum atomic E-state index is 14.1. The van der Waals surface area contributed by atoms with Crippen LogP contribution < -0.4 is 5.32 Å². The minimum Gasteiger partial charge on any atom is -0.359 e. The lowest BCUT2D eigenvalue weighted by atomic mass is 10.0. The first kappa shape index (κ1) is 15.8. The van der Waals surface area contributed by atoms with Crippen LogP contribution in [0.15, 0.2) is 36.7 Å². The number of carbonyl (C=O) groups is 2. The lowest BCUT2D eigenvalue weighted by Crippen LogP contribution is -2.14. The number of benzene rings is 1. The van der Waals surface area contributed by atoms with E-state index in [9.17, 15) is 14.0 Å². The van der Waals surface area contributed by atoms with E-state index in [-0.39, 0.29) is 28.0 Å². The molecule has 1 saturated carbocycles. The van der Waals surface area contributed by atoms with Gasteiger partial charge in [-0.05, 0) is 31.0 Å². The van der Waals surface area contributed by atoms with E-state index >= 15 is 0 Å². The third-order valence-corrected chi connectivity index (χ3v) is 4.51. The Hall–Kier alpha value is -2.73. The van der Waals surface area contributed by atoms with Gasteiger partial charge in [0.1, 0.15) is 11.6 Å². The lowest BCUT2D eigenvalue weighted by molar-refractivity contribution is -0.117. The summed E-state index contributed by atoms with van der Waals surface area (Å²) in [5.74, 6) is -0.879. The number of ketones is 1. The van der Waals surface area contributed by atoms with E-state index in [1.54, 1.807) is 6.07 Å². The van der Waals surface area contributed by atoms with Crippen LogP contribution in [0, 0.1) is 11.7 Å². The monoisotopic (exact) mass is 357 g/mol. The molecular formula is C18H13ClFN3O2. The summed E-state index contributed by atoms with van der Waals surface area (Å²) in [6, 6.07) is 5.71. The number of anilines is 1. The number of pyridine rings is 1. The van der Waals surface area contributed by atoms with E-state index in [4.69, 9.17) is 11.6 Å². The van der Waals surface area contributed by atoms with Gasteiger partial charge in [-0.25, -0.2) is 9.37 Å². The van der Waals surface area contributed by atoms with Gasteiger partial charge in [-0.3, -0.25) is 9.59 Å². The topological polar surface area (TPSA) is 74.8 Å². The Morgan fingerprint density at radius 1 is 1.32 bits per heavy atom. The van der Waals surface area contributed by atoms with Crippen molar-refractivity contribution in [3.8, 4) is 0 Å². The smallest absolute Gasteiger partial charge is 0.228 e. The van der Waals surface area contributed by atoms with E-state index in [0.717, 1.165) is 12.8 Å². The number of H-pyrrole nitrogens is 1. The molecule has 0 atom stereocenters. The average Bonchev–Trinajstić information content (AvgIpc) is 3.35. The van der Waals surface area contributed by atoms with E-state index in [2.05, 4.69) is 15.3 Å². The molecule has 1 aliphatic carbocycles. The zero-order valence-electron chi connectivity index (χ0n) is 13.0. The molecule has 1 fully saturated rings. The maximum Gasteiger partial charge on any atom is 0.228 e. The number of halogens is 2. The molecule has 1 amide bonds. The minimum absolute atomic E-state index is 0.0436. The van der Waals surface area contributed by atoms with Gasteiger partial charge in [-0.15, -0.1) is 0 Å². The second-order valence-corrected chi connectivity index (χ2v) is 6.41. The van der Waals surface area contributed by atoms with Gasteiger partial charge in [0.05, 0.1) is 22.3 Å². The number of aromatic nitrogens is 2. The summed E-state index contributed by atoms with van der Waals surface area (Å²) in [5, 5.41) is 3.34. The van der Waals surface area contributed by atoms with E-state index in [1.165, 1.54) is 30.6 Å². The van der Waals surface area contributed by atoms with Crippen LogP contribution >= 0.6 is 11.6 Å². The Labute approximate surface area is 147 Å². The third-order valence-electron chi connectivity index (χ3n) is 4.20. The number of fused-ring (bicyclic) bond motifs is 1. The van der Waals surface area contributed by atoms with Gasteiger partial charge in [-0.1, -0.05) is 17.7 Å². The van der Waals surface area contributed by atoms with Crippen molar-refractivity contribution in [2.45, 2.75) is 12.8 Å². The molecule has 2 aromatic heterocycles. The van der Waals surface area contributed by atoms with Crippen molar-refractivity contribution in [1.29, 1.82) is 0 Å². The number of nitrogens with zero attached hydrogens (tertiary/aromatic N) is 1. The first-order valence-electron chi connectivity index (χ1n) is 7.81. The molecular weight excluding hydrogens is 345 g/mol. The van der Waals surface area contributed by atoms with Crippen LogP contribution in [0.5, 0.6) is 0 Å². The highest BCUT2D eigenvalue weighted by Crippen LogP contribution is 2.31. The van der Waals surface area contributed by atoms with Gasteiger partial charge < -0.3 is 10.3 Å². The van der Waals surface area contributed by atoms with Gasteiger partial charge in [0.25, 0.3) is 0 Å². The van der Waals surface area contributed by atoms with Crippen molar-refractivity contribution in [3.63, 3.8) is 0 Å².